The number of nitrogens with two attached hydrogens (primary N) is 1. The lowest BCUT2D eigenvalue weighted by atomic mass is 9.93. The summed E-state index contributed by atoms with van der Waals surface area (Å²) in [6.07, 6.45) is 6.57. The molecule has 0 saturated carbocycles. The molecule has 0 aromatic rings. The first-order valence-corrected chi connectivity index (χ1v) is 16.4. The van der Waals surface area contributed by atoms with E-state index in [0.717, 1.165) is 57.2 Å². The summed E-state index contributed by atoms with van der Waals surface area (Å²) in [5.41, 5.74) is 5.80. The van der Waals surface area contributed by atoms with Crippen molar-refractivity contribution in [3.05, 3.63) is 0 Å². The van der Waals surface area contributed by atoms with Crippen molar-refractivity contribution < 1.29 is 26.6 Å². The molecule has 0 heterocycles. The van der Waals surface area contributed by atoms with Crippen molar-refractivity contribution >= 4 is 17.6 Å². The van der Waals surface area contributed by atoms with E-state index in [0.29, 0.717) is 45.6 Å². The van der Waals surface area contributed by atoms with Crippen LogP contribution in [0.2, 0.25) is 12.1 Å². The monoisotopic (exact) mass is 481 g/mol. The summed E-state index contributed by atoms with van der Waals surface area (Å²) >= 11 is 0. The van der Waals surface area contributed by atoms with Gasteiger partial charge in [-0.1, -0.05) is 12.8 Å². The van der Waals surface area contributed by atoms with Gasteiger partial charge in [-0.05, 0) is 79.7 Å². The SMILES string of the molecule is CCO[Si](CCCC(CCCN)CCC[Si](OCC)(OCC)OCC)(OCC)OCC. The summed E-state index contributed by atoms with van der Waals surface area (Å²) in [6.45, 7) is 16.6. The van der Waals surface area contributed by atoms with Crippen molar-refractivity contribution in [3.63, 3.8) is 0 Å². The molecule has 0 unspecified atom stereocenters. The maximum absolute atomic E-state index is 6.01. The molecule has 0 aliphatic carbocycles. The molecular weight excluding hydrogens is 430 g/mol. The molecule has 0 saturated heterocycles. The maximum Gasteiger partial charge on any atom is 0.500 e. The minimum atomic E-state index is -2.56. The molecule has 2 N–H and O–H groups in total. The normalized spacial score (nSPS) is 12.8. The van der Waals surface area contributed by atoms with Crippen LogP contribution in [0, 0.1) is 5.92 Å². The van der Waals surface area contributed by atoms with Crippen LogP contribution in [-0.4, -0.2) is 63.8 Å². The predicted molar refractivity (Wildman–Crippen MR) is 131 cm³/mol. The number of hydrogen-bond acceptors (Lipinski definition) is 7. The standard InChI is InChI=1S/C22H51NO6Si2/c1-7-24-30(25-8-2,26-9-3)20-14-17-22(16-13-19-23)18-15-21-31(27-10-4,28-11-5)29-12-6/h22H,7-21,23H2,1-6H3. The molecule has 7 nitrogen and oxygen atoms in total. The summed E-state index contributed by atoms with van der Waals surface area (Å²) in [5.74, 6) is 0.622. The average molecular weight is 482 g/mol. The zero-order chi connectivity index (χ0) is 23.4. The van der Waals surface area contributed by atoms with E-state index in [1.54, 1.807) is 0 Å². The molecule has 0 aromatic heterocycles. The van der Waals surface area contributed by atoms with Crippen LogP contribution < -0.4 is 5.73 Å². The first-order valence-electron chi connectivity index (χ1n) is 12.5. The first kappa shape index (κ1) is 31.2. The van der Waals surface area contributed by atoms with E-state index in [4.69, 9.17) is 32.3 Å². The molecule has 0 fully saturated rings. The van der Waals surface area contributed by atoms with Gasteiger partial charge in [-0.25, -0.2) is 0 Å². The minimum absolute atomic E-state index is 0.622. The van der Waals surface area contributed by atoms with Crippen molar-refractivity contribution in [2.24, 2.45) is 11.7 Å². The highest BCUT2D eigenvalue weighted by atomic mass is 28.4. The van der Waals surface area contributed by atoms with Crippen molar-refractivity contribution in [1.82, 2.24) is 0 Å². The highest BCUT2D eigenvalue weighted by Gasteiger charge is 2.41. The molecule has 0 atom stereocenters. The average Bonchev–Trinajstić information content (AvgIpc) is 2.73. The molecule has 0 aliphatic heterocycles. The summed E-state index contributed by atoms with van der Waals surface area (Å²) in [6, 6.07) is 1.74. The highest BCUT2D eigenvalue weighted by molar-refractivity contribution is 6.61. The zero-order valence-corrected chi connectivity index (χ0v) is 23.2. The van der Waals surface area contributed by atoms with Crippen LogP contribution >= 0.6 is 0 Å². The topological polar surface area (TPSA) is 81.4 Å². The predicted octanol–water partition coefficient (Wildman–Crippen LogP) is 5.00. The van der Waals surface area contributed by atoms with Gasteiger partial charge in [0.1, 0.15) is 0 Å². The Labute approximate surface area is 194 Å². The maximum atomic E-state index is 6.01. The van der Waals surface area contributed by atoms with Gasteiger partial charge < -0.3 is 32.3 Å². The Bertz CT molecular complexity index is 340. The fourth-order valence-electron chi connectivity index (χ4n) is 4.06. The van der Waals surface area contributed by atoms with E-state index in [1.807, 2.05) is 41.5 Å². The van der Waals surface area contributed by atoms with E-state index < -0.39 is 17.6 Å². The third kappa shape index (κ3) is 13.5. The molecule has 188 valence electrons. The van der Waals surface area contributed by atoms with Gasteiger partial charge in [0.05, 0.1) is 0 Å². The zero-order valence-electron chi connectivity index (χ0n) is 21.2. The third-order valence-corrected chi connectivity index (χ3v) is 11.5. The van der Waals surface area contributed by atoms with Gasteiger partial charge >= 0.3 is 17.6 Å². The molecule has 0 spiro atoms. The summed E-state index contributed by atoms with van der Waals surface area (Å²) in [5, 5.41) is 0. The second-order valence-electron chi connectivity index (χ2n) is 7.55. The molecule has 0 amide bonds. The quantitative estimate of drug-likeness (QED) is 0.206. The van der Waals surface area contributed by atoms with Gasteiger partial charge in [0, 0.05) is 51.7 Å². The van der Waals surface area contributed by atoms with Gasteiger partial charge in [0.25, 0.3) is 0 Å². The van der Waals surface area contributed by atoms with Crippen LogP contribution in [0.25, 0.3) is 0 Å². The second kappa shape index (κ2) is 19.6. The van der Waals surface area contributed by atoms with Crippen molar-refractivity contribution in [2.75, 3.05) is 46.2 Å². The van der Waals surface area contributed by atoms with Crippen LogP contribution in [0.1, 0.15) is 80.1 Å². The van der Waals surface area contributed by atoms with Gasteiger partial charge in [-0.15, -0.1) is 0 Å². The summed E-state index contributed by atoms with van der Waals surface area (Å²) < 4.78 is 36.1. The summed E-state index contributed by atoms with van der Waals surface area (Å²) in [7, 11) is -5.13. The van der Waals surface area contributed by atoms with Crippen molar-refractivity contribution in [1.29, 1.82) is 0 Å². The first-order chi connectivity index (χ1) is 15.0. The molecule has 0 radical (unpaired) electrons. The van der Waals surface area contributed by atoms with E-state index in [2.05, 4.69) is 0 Å². The van der Waals surface area contributed by atoms with Gasteiger partial charge in [0.15, 0.2) is 0 Å². The lowest BCUT2D eigenvalue weighted by molar-refractivity contribution is 0.0702. The fraction of sp³-hybridized carbons (Fsp3) is 1.00. The Kier molecular flexibility index (Phi) is 19.7. The molecule has 0 aliphatic rings. The van der Waals surface area contributed by atoms with Crippen molar-refractivity contribution in [2.45, 2.75) is 92.2 Å². The smallest absolute Gasteiger partial charge is 0.374 e. The Morgan fingerprint density at radius 1 is 0.516 bits per heavy atom. The van der Waals surface area contributed by atoms with Crippen LogP contribution in [0.15, 0.2) is 0 Å². The minimum Gasteiger partial charge on any atom is -0.374 e. The second-order valence-corrected chi connectivity index (χ2v) is 13.0. The van der Waals surface area contributed by atoms with Crippen LogP contribution in [0.3, 0.4) is 0 Å². The Morgan fingerprint density at radius 2 is 0.806 bits per heavy atom. The molecular formula is C22H51NO6Si2. The van der Waals surface area contributed by atoms with E-state index in [1.165, 1.54) is 0 Å². The fourth-order valence-corrected chi connectivity index (χ4v) is 9.34. The molecule has 0 bridgehead atoms. The van der Waals surface area contributed by atoms with Crippen molar-refractivity contribution in [3.8, 4) is 0 Å². The van der Waals surface area contributed by atoms with E-state index in [9.17, 15) is 0 Å². The third-order valence-electron chi connectivity index (χ3n) is 5.19. The van der Waals surface area contributed by atoms with Gasteiger partial charge in [-0.2, -0.15) is 0 Å². The lowest BCUT2D eigenvalue weighted by Gasteiger charge is -2.30. The Morgan fingerprint density at radius 3 is 1.06 bits per heavy atom. The number of hydrogen-bond donors (Lipinski definition) is 1. The van der Waals surface area contributed by atoms with Crippen LogP contribution in [-0.2, 0) is 26.6 Å². The van der Waals surface area contributed by atoms with Gasteiger partial charge in [-0.3, -0.25) is 0 Å². The van der Waals surface area contributed by atoms with Crippen LogP contribution in [0.4, 0.5) is 0 Å². The molecule has 31 heavy (non-hydrogen) atoms. The Hall–Kier alpha value is 0.154. The molecule has 0 aromatic carbocycles. The molecule has 9 heteroatoms. The highest BCUT2D eigenvalue weighted by Crippen LogP contribution is 2.28. The van der Waals surface area contributed by atoms with Gasteiger partial charge in [0.2, 0.25) is 0 Å². The van der Waals surface area contributed by atoms with E-state index >= 15 is 0 Å². The number of rotatable bonds is 23. The Balaban J connectivity index is 4.86. The largest absolute Gasteiger partial charge is 0.500 e. The molecule has 0 rings (SSSR count). The van der Waals surface area contributed by atoms with Crippen LogP contribution in [0.5, 0.6) is 0 Å². The lowest BCUT2D eigenvalue weighted by Crippen LogP contribution is -2.46. The van der Waals surface area contributed by atoms with E-state index in [-0.39, 0.29) is 0 Å². The summed E-state index contributed by atoms with van der Waals surface area (Å²) in [4.78, 5) is 0.